The van der Waals surface area contributed by atoms with Gasteiger partial charge in [-0.25, -0.2) is 0 Å². The van der Waals surface area contributed by atoms with Crippen LogP contribution in [0.5, 0.6) is 0 Å². The quantitative estimate of drug-likeness (QED) is 0.738. The Morgan fingerprint density at radius 3 is 2.63 bits per heavy atom. The van der Waals surface area contributed by atoms with Crippen LogP contribution >= 0.6 is 11.8 Å². The topological polar surface area (TPSA) is 77.2 Å². The first-order chi connectivity index (χ1) is 8.98. The highest BCUT2D eigenvalue weighted by Gasteiger charge is 2.31. The molecule has 0 radical (unpaired) electrons. The number of thioether (sulfide) groups is 1. The SMILES string of the molecule is CCCn1c(SCC(=O)O)nnc1C(C)(CC)OC. The van der Waals surface area contributed by atoms with Crippen LogP contribution in [0.2, 0.25) is 0 Å². The molecule has 6 nitrogen and oxygen atoms in total. The molecule has 0 saturated heterocycles. The molecule has 1 N–H and O–H groups in total. The average Bonchev–Trinajstić information content (AvgIpc) is 2.79. The average molecular weight is 287 g/mol. The second-order valence-corrected chi connectivity index (χ2v) is 5.37. The van der Waals surface area contributed by atoms with Crippen molar-refractivity contribution in [2.24, 2.45) is 0 Å². The van der Waals surface area contributed by atoms with Gasteiger partial charge in [-0.05, 0) is 19.8 Å². The molecule has 1 atom stereocenters. The molecule has 0 spiro atoms. The summed E-state index contributed by atoms with van der Waals surface area (Å²) in [5, 5.41) is 17.7. The molecular weight excluding hydrogens is 266 g/mol. The van der Waals surface area contributed by atoms with Crippen molar-refractivity contribution >= 4 is 17.7 Å². The van der Waals surface area contributed by atoms with Crippen LogP contribution in [0.15, 0.2) is 5.16 Å². The molecule has 1 rings (SSSR count). The van der Waals surface area contributed by atoms with E-state index in [0.717, 1.165) is 25.2 Å². The van der Waals surface area contributed by atoms with E-state index in [1.807, 2.05) is 18.4 Å². The Labute approximate surface area is 117 Å². The third kappa shape index (κ3) is 3.70. The standard InChI is InChI=1S/C12H21N3O3S/c1-5-7-15-10(12(3,6-2)18-4)13-14-11(15)19-8-9(16)17/h5-8H2,1-4H3,(H,16,17). The van der Waals surface area contributed by atoms with Crippen LogP contribution in [-0.2, 0) is 21.7 Å². The second kappa shape index (κ2) is 6.91. The van der Waals surface area contributed by atoms with Gasteiger partial charge in [0.2, 0.25) is 0 Å². The molecule has 1 aromatic heterocycles. The first-order valence-electron chi connectivity index (χ1n) is 6.31. The van der Waals surface area contributed by atoms with Gasteiger partial charge in [0, 0.05) is 13.7 Å². The number of rotatable bonds is 8. The predicted octanol–water partition coefficient (Wildman–Crippen LogP) is 2.14. The highest BCUT2D eigenvalue weighted by atomic mass is 32.2. The van der Waals surface area contributed by atoms with Gasteiger partial charge in [0.1, 0.15) is 5.60 Å². The van der Waals surface area contributed by atoms with Crippen LogP contribution in [0.4, 0.5) is 0 Å². The second-order valence-electron chi connectivity index (χ2n) is 4.43. The summed E-state index contributed by atoms with van der Waals surface area (Å²) in [5.74, 6) is -0.118. The van der Waals surface area contributed by atoms with E-state index >= 15 is 0 Å². The van der Waals surface area contributed by atoms with Crippen molar-refractivity contribution in [2.75, 3.05) is 12.9 Å². The van der Waals surface area contributed by atoms with Crippen molar-refractivity contribution in [3.8, 4) is 0 Å². The monoisotopic (exact) mass is 287 g/mol. The van der Waals surface area contributed by atoms with Gasteiger partial charge in [-0.2, -0.15) is 0 Å². The van der Waals surface area contributed by atoms with E-state index in [2.05, 4.69) is 17.1 Å². The van der Waals surface area contributed by atoms with Gasteiger partial charge in [0.05, 0.1) is 5.75 Å². The molecule has 1 aromatic rings. The lowest BCUT2D eigenvalue weighted by Crippen LogP contribution is -2.28. The maximum atomic E-state index is 10.7. The highest BCUT2D eigenvalue weighted by molar-refractivity contribution is 7.99. The Kier molecular flexibility index (Phi) is 5.81. The van der Waals surface area contributed by atoms with E-state index < -0.39 is 11.6 Å². The third-order valence-electron chi connectivity index (χ3n) is 3.09. The Morgan fingerprint density at radius 1 is 1.47 bits per heavy atom. The maximum Gasteiger partial charge on any atom is 0.313 e. The molecule has 0 bridgehead atoms. The van der Waals surface area contributed by atoms with Crippen molar-refractivity contribution in [1.82, 2.24) is 14.8 Å². The fourth-order valence-electron chi connectivity index (χ4n) is 1.73. The predicted molar refractivity (Wildman–Crippen MR) is 73.3 cm³/mol. The van der Waals surface area contributed by atoms with Gasteiger partial charge in [0.15, 0.2) is 11.0 Å². The number of aliphatic carboxylic acids is 1. The van der Waals surface area contributed by atoms with Crippen LogP contribution < -0.4 is 0 Å². The summed E-state index contributed by atoms with van der Waals surface area (Å²) in [6.45, 7) is 6.81. The summed E-state index contributed by atoms with van der Waals surface area (Å²) in [6, 6.07) is 0. The molecule has 19 heavy (non-hydrogen) atoms. The van der Waals surface area contributed by atoms with Gasteiger partial charge in [-0.1, -0.05) is 25.6 Å². The fourth-order valence-corrected chi connectivity index (χ4v) is 2.42. The normalized spacial score (nSPS) is 14.3. The zero-order valence-electron chi connectivity index (χ0n) is 11.8. The summed E-state index contributed by atoms with van der Waals surface area (Å²) in [7, 11) is 1.65. The molecule has 0 aliphatic rings. The number of hydrogen-bond donors (Lipinski definition) is 1. The summed E-state index contributed by atoms with van der Waals surface area (Å²) in [4.78, 5) is 10.7. The highest BCUT2D eigenvalue weighted by Crippen LogP contribution is 2.29. The smallest absolute Gasteiger partial charge is 0.313 e. The number of carboxylic acids is 1. The summed E-state index contributed by atoms with van der Waals surface area (Å²) in [6.07, 6.45) is 1.70. The number of carbonyl (C=O) groups is 1. The van der Waals surface area contributed by atoms with E-state index in [9.17, 15) is 4.79 Å². The summed E-state index contributed by atoms with van der Waals surface area (Å²) >= 11 is 1.19. The number of aromatic nitrogens is 3. The zero-order chi connectivity index (χ0) is 14.5. The fraction of sp³-hybridized carbons (Fsp3) is 0.750. The number of carboxylic acid groups (broad SMARTS) is 1. The van der Waals surface area contributed by atoms with Crippen LogP contribution in [0.1, 0.15) is 39.4 Å². The molecule has 0 saturated carbocycles. The minimum atomic E-state index is -0.859. The Morgan fingerprint density at radius 2 is 2.16 bits per heavy atom. The lowest BCUT2D eigenvalue weighted by molar-refractivity contribution is -0.133. The van der Waals surface area contributed by atoms with Crippen LogP contribution in [0, 0.1) is 0 Å². The minimum Gasteiger partial charge on any atom is -0.481 e. The van der Waals surface area contributed by atoms with E-state index in [1.54, 1.807) is 7.11 Å². The largest absolute Gasteiger partial charge is 0.481 e. The van der Waals surface area contributed by atoms with E-state index in [0.29, 0.717) is 5.16 Å². The molecule has 0 fully saturated rings. The molecule has 1 heterocycles. The number of hydrogen-bond acceptors (Lipinski definition) is 5. The van der Waals surface area contributed by atoms with E-state index in [-0.39, 0.29) is 5.75 Å². The van der Waals surface area contributed by atoms with Gasteiger partial charge in [-0.15, -0.1) is 10.2 Å². The third-order valence-corrected chi connectivity index (χ3v) is 4.04. The summed E-state index contributed by atoms with van der Waals surface area (Å²) < 4.78 is 7.51. The van der Waals surface area contributed by atoms with Crippen LogP contribution in [0.3, 0.4) is 0 Å². The lowest BCUT2D eigenvalue weighted by Gasteiger charge is -2.26. The Balaban J connectivity index is 3.08. The van der Waals surface area contributed by atoms with Crippen LogP contribution in [0.25, 0.3) is 0 Å². The summed E-state index contributed by atoms with van der Waals surface area (Å²) in [5.41, 5.74) is -0.496. The zero-order valence-corrected chi connectivity index (χ0v) is 12.7. The number of methoxy groups -OCH3 is 1. The van der Waals surface area contributed by atoms with Gasteiger partial charge >= 0.3 is 5.97 Å². The van der Waals surface area contributed by atoms with Crippen molar-refractivity contribution in [3.63, 3.8) is 0 Å². The van der Waals surface area contributed by atoms with E-state index in [1.165, 1.54) is 11.8 Å². The molecule has 0 aliphatic heterocycles. The van der Waals surface area contributed by atoms with E-state index in [4.69, 9.17) is 9.84 Å². The Bertz CT molecular complexity index is 430. The minimum absolute atomic E-state index is 0.0162. The number of ether oxygens (including phenoxy) is 1. The molecule has 0 aromatic carbocycles. The van der Waals surface area contributed by atoms with Gasteiger partial charge in [0.25, 0.3) is 0 Å². The molecule has 108 valence electrons. The number of nitrogens with zero attached hydrogens (tertiary/aromatic N) is 3. The van der Waals surface area contributed by atoms with Crippen LogP contribution in [-0.4, -0.2) is 38.7 Å². The van der Waals surface area contributed by atoms with Gasteiger partial charge in [-0.3, -0.25) is 4.79 Å². The molecule has 1 unspecified atom stereocenters. The van der Waals surface area contributed by atoms with Crippen molar-refractivity contribution < 1.29 is 14.6 Å². The van der Waals surface area contributed by atoms with Crippen molar-refractivity contribution in [2.45, 2.75) is 50.9 Å². The Hall–Kier alpha value is -1.08. The molecular formula is C12H21N3O3S. The molecule has 7 heteroatoms. The maximum absolute atomic E-state index is 10.7. The lowest BCUT2D eigenvalue weighted by atomic mass is 10.0. The first-order valence-corrected chi connectivity index (χ1v) is 7.30. The van der Waals surface area contributed by atoms with Gasteiger partial charge < -0.3 is 14.4 Å². The molecule has 0 aliphatic carbocycles. The van der Waals surface area contributed by atoms with Crippen molar-refractivity contribution in [3.05, 3.63) is 5.82 Å². The molecule has 0 amide bonds. The van der Waals surface area contributed by atoms with Crippen molar-refractivity contribution in [1.29, 1.82) is 0 Å². The first kappa shape index (κ1) is 16.0.